The van der Waals surface area contributed by atoms with Crippen molar-refractivity contribution in [3.63, 3.8) is 0 Å². The van der Waals surface area contributed by atoms with Gasteiger partial charge in [0, 0.05) is 10.6 Å². The predicted molar refractivity (Wildman–Crippen MR) is 78.0 cm³/mol. The van der Waals surface area contributed by atoms with Gasteiger partial charge in [-0.3, -0.25) is 0 Å². The lowest BCUT2D eigenvalue weighted by atomic mass is 10.2. The minimum atomic E-state index is -1.15. The van der Waals surface area contributed by atoms with Crippen molar-refractivity contribution in [2.45, 2.75) is 13.0 Å². The van der Waals surface area contributed by atoms with Gasteiger partial charge in [0.1, 0.15) is 5.82 Å². The number of urea groups is 1. The van der Waals surface area contributed by atoms with Crippen molar-refractivity contribution in [1.82, 2.24) is 5.32 Å². The maximum atomic E-state index is 13.1. The minimum Gasteiger partial charge on any atom is -0.479 e. The highest BCUT2D eigenvalue weighted by molar-refractivity contribution is 7.10. The van der Waals surface area contributed by atoms with Crippen LogP contribution in [0.25, 0.3) is 0 Å². The quantitative estimate of drug-likeness (QED) is 0.812. The van der Waals surface area contributed by atoms with Crippen molar-refractivity contribution in [2.75, 3.05) is 5.32 Å². The second-order valence-corrected chi connectivity index (χ2v) is 5.33. The Bertz CT molecular complexity index is 658. The van der Waals surface area contributed by atoms with E-state index in [1.54, 1.807) is 24.4 Å². The first kappa shape index (κ1) is 15.0. The molecule has 7 heteroatoms. The lowest BCUT2D eigenvalue weighted by molar-refractivity contribution is -0.139. The Labute approximate surface area is 124 Å². The number of aliphatic carboxylic acids is 1. The van der Waals surface area contributed by atoms with E-state index in [4.69, 9.17) is 5.11 Å². The molecule has 5 nitrogen and oxygen atoms in total. The molecule has 0 spiro atoms. The maximum absolute atomic E-state index is 13.1. The first-order chi connectivity index (χ1) is 9.97. The van der Waals surface area contributed by atoms with Crippen LogP contribution in [0.5, 0.6) is 0 Å². The number of hydrogen-bond acceptors (Lipinski definition) is 3. The number of rotatable bonds is 4. The number of hydrogen-bond donors (Lipinski definition) is 3. The van der Waals surface area contributed by atoms with Gasteiger partial charge in [0.05, 0.1) is 0 Å². The molecule has 0 fully saturated rings. The zero-order valence-electron chi connectivity index (χ0n) is 11.1. The van der Waals surface area contributed by atoms with E-state index in [0.717, 1.165) is 0 Å². The van der Waals surface area contributed by atoms with Crippen molar-refractivity contribution in [2.24, 2.45) is 0 Å². The van der Waals surface area contributed by atoms with Gasteiger partial charge in [-0.1, -0.05) is 6.07 Å². The Morgan fingerprint density at radius 2 is 2.10 bits per heavy atom. The number of aryl methyl sites for hydroxylation is 1. The van der Waals surface area contributed by atoms with Crippen molar-refractivity contribution in [3.05, 3.63) is 52.0 Å². The van der Waals surface area contributed by atoms with Crippen molar-refractivity contribution >= 4 is 29.0 Å². The van der Waals surface area contributed by atoms with Gasteiger partial charge in [-0.05, 0) is 42.1 Å². The first-order valence-corrected chi connectivity index (χ1v) is 6.95. The summed E-state index contributed by atoms with van der Waals surface area (Å²) in [7, 11) is 0. The number of halogens is 1. The van der Waals surface area contributed by atoms with Crippen LogP contribution in [0.4, 0.5) is 14.9 Å². The molecule has 2 aromatic rings. The Balaban J connectivity index is 2.06. The number of carbonyl (C=O) groups excluding carboxylic acids is 1. The van der Waals surface area contributed by atoms with E-state index in [9.17, 15) is 14.0 Å². The number of anilines is 1. The number of carboxylic acids is 1. The molecule has 21 heavy (non-hydrogen) atoms. The van der Waals surface area contributed by atoms with Crippen LogP contribution in [0.3, 0.4) is 0 Å². The van der Waals surface area contributed by atoms with E-state index in [1.807, 2.05) is 0 Å². The molecule has 2 rings (SSSR count). The van der Waals surface area contributed by atoms with Gasteiger partial charge in [-0.2, -0.15) is 0 Å². The monoisotopic (exact) mass is 308 g/mol. The fraction of sp³-hybridized carbons (Fsp3) is 0.143. The number of carbonyl (C=O) groups is 2. The van der Waals surface area contributed by atoms with Gasteiger partial charge in [0.2, 0.25) is 0 Å². The van der Waals surface area contributed by atoms with Gasteiger partial charge >= 0.3 is 12.0 Å². The summed E-state index contributed by atoms with van der Waals surface area (Å²) in [5.74, 6) is -1.52. The normalized spacial score (nSPS) is 11.7. The topological polar surface area (TPSA) is 78.4 Å². The van der Waals surface area contributed by atoms with Gasteiger partial charge in [0.15, 0.2) is 6.04 Å². The summed E-state index contributed by atoms with van der Waals surface area (Å²) >= 11 is 1.24. The Hall–Kier alpha value is -2.41. The second kappa shape index (κ2) is 6.36. The van der Waals surface area contributed by atoms with Crippen LogP contribution in [-0.4, -0.2) is 17.1 Å². The molecule has 0 aliphatic carbocycles. The number of nitrogens with one attached hydrogen (secondary N) is 2. The SMILES string of the molecule is Cc1cc(NC(=O)NC(C(=O)O)c2cccs2)ccc1F. The fourth-order valence-electron chi connectivity index (χ4n) is 1.73. The predicted octanol–water partition coefficient (Wildman–Crippen LogP) is 3.14. The van der Waals surface area contributed by atoms with Gasteiger partial charge in [-0.15, -0.1) is 11.3 Å². The van der Waals surface area contributed by atoms with Crippen LogP contribution in [0.2, 0.25) is 0 Å². The van der Waals surface area contributed by atoms with Crippen LogP contribution < -0.4 is 10.6 Å². The van der Waals surface area contributed by atoms with Crippen molar-refractivity contribution in [3.8, 4) is 0 Å². The standard InChI is InChI=1S/C14H13FN2O3S/c1-8-7-9(4-5-10(8)15)16-14(20)17-12(13(18)19)11-3-2-6-21-11/h2-7,12H,1H3,(H,18,19)(H2,16,17,20). The number of carboxylic acid groups (broad SMARTS) is 1. The molecule has 1 unspecified atom stereocenters. The van der Waals surface area contributed by atoms with Crippen LogP contribution in [0, 0.1) is 12.7 Å². The van der Waals surface area contributed by atoms with Crippen molar-refractivity contribution < 1.29 is 19.1 Å². The number of benzene rings is 1. The van der Waals surface area contributed by atoms with E-state index >= 15 is 0 Å². The Kier molecular flexibility index (Phi) is 4.54. The van der Waals surface area contributed by atoms with E-state index in [1.165, 1.54) is 29.5 Å². The molecule has 0 radical (unpaired) electrons. The fourth-order valence-corrected chi connectivity index (χ4v) is 2.50. The molecular formula is C14H13FN2O3S. The summed E-state index contributed by atoms with van der Waals surface area (Å²) in [6, 6.07) is 5.66. The smallest absolute Gasteiger partial charge is 0.331 e. The van der Waals surface area contributed by atoms with Gasteiger partial charge in [0.25, 0.3) is 0 Å². The molecule has 110 valence electrons. The zero-order chi connectivity index (χ0) is 15.4. The third kappa shape index (κ3) is 3.79. The van der Waals surface area contributed by atoms with E-state index in [-0.39, 0.29) is 5.82 Å². The minimum absolute atomic E-state index is 0.372. The van der Waals surface area contributed by atoms with Gasteiger partial charge < -0.3 is 15.7 Å². The molecule has 1 atom stereocenters. The average Bonchev–Trinajstić information content (AvgIpc) is 2.93. The molecule has 0 saturated heterocycles. The summed E-state index contributed by atoms with van der Waals surface area (Å²) < 4.78 is 13.1. The highest BCUT2D eigenvalue weighted by Gasteiger charge is 2.22. The molecule has 0 aliphatic heterocycles. The Morgan fingerprint density at radius 3 is 2.67 bits per heavy atom. The lowest BCUT2D eigenvalue weighted by Crippen LogP contribution is -2.36. The summed E-state index contributed by atoms with van der Waals surface area (Å²) in [5.41, 5.74) is 0.780. The lowest BCUT2D eigenvalue weighted by Gasteiger charge is -2.14. The maximum Gasteiger partial charge on any atom is 0.331 e. The van der Waals surface area contributed by atoms with E-state index in [2.05, 4.69) is 10.6 Å². The highest BCUT2D eigenvalue weighted by Crippen LogP contribution is 2.19. The summed E-state index contributed by atoms with van der Waals surface area (Å²) in [4.78, 5) is 23.6. The molecule has 0 saturated carbocycles. The highest BCUT2D eigenvalue weighted by atomic mass is 32.1. The zero-order valence-corrected chi connectivity index (χ0v) is 11.9. The van der Waals surface area contributed by atoms with E-state index < -0.39 is 18.0 Å². The molecule has 3 N–H and O–H groups in total. The molecule has 1 aromatic heterocycles. The molecular weight excluding hydrogens is 295 g/mol. The Morgan fingerprint density at radius 1 is 1.33 bits per heavy atom. The average molecular weight is 308 g/mol. The van der Waals surface area contributed by atoms with Crippen LogP contribution in [0.15, 0.2) is 35.7 Å². The third-order valence-electron chi connectivity index (χ3n) is 2.77. The summed E-state index contributed by atoms with van der Waals surface area (Å²) in [6.45, 7) is 1.57. The summed E-state index contributed by atoms with van der Waals surface area (Å²) in [5, 5.41) is 15.7. The van der Waals surface area contributed by atoms with Crippen LogP contribution in [-0.2, 0) is 4.79 Å². The van der Waals surface area contributed by atoms with Crippen LogP contribution >= 0.6 is 11.3 Å². The van der Waals surface area contributed by atoms with Crippen LogP contribution in [0.1, 0.15) is 16.5 Å². The summed E-state index contributed by atoms with van der Waals surface area (Å²) in [6.07, 6.45) is 0. The molecule has 1 heterocycles. The molecule has 2 amide bonds. The number of amides is 2. The molecule has 0 bridgehead atoms. The van der Waals surface area contributed by atoms with E-state index in [0.29, 0.717) is 16.1 Å². The largest absolute Gasteiger partial charge is 0.479 e. The van der Waals surface area contributed by atoms with Gasteiger partial charge in [-0.25, -0.2) is 14.0 Å². The second-order valence-electron chi connectivity index (χ2n) is 4.35. The first-order valence-electron chi connectivity index (χ1n) is 6.07. The van der Waals surface area contributed by atoms with Crippen molar-refractivity contribution in [1.29, 1.82) is 0 Å². The molecule has 0 aliphatic rings. The molecule has 1 aromatic carbocycles. The third-order valence-corrected chi connectivity index (χ3v) is 3.70. The number of thiophene rings is 1.